The van der Waals surface area contributed by atoms with Crippen LogP contribution >= 0.6 is 12.6 Å². The van der Waals surface area contributed by atoms with Crippen molar-refractivity contribution in [2.45, 2.75) is 46.0 Å². The topological polar surface area (TPSA) is 43.1 Å². The van der Waals surface area contributed by atoms with Crippen LogP contribution < -0.4 is 5.73 Å². The first-order chi connectivity index (χ1) is 8.82. The van der Waals surface area contributed by atoms with E-state index in [4.69, 9.17) is 5.73 Å². The van der Waals surface area contributed by atoms with Gasteiger partial charge in [0.2, 0.25) is 5.91 Å². The van der Waals surface area contributed by atoms with Crippen LogP contribution in [0, 0.1) is 5.82 Å². The minimum absolute atomic E-state index is 0.178. The molecule has 2 N–H and O–H groups in total. The predicted octanol–water partition coefficient (Wildman–Crippen LogP) is 3.65. The van der Waals surface area contributed by atoms with Crippen molar-refractivity contribution in [1.29, 1.82) is 0 Å². The molecule has 0 aromatic heterocycles. The third-order valence-corrected chi connectivity index (χ3v) is 2.88. The standard InChI is InChI=1S/C14H20FNO.CH4S/c1-8(2)11-5-10(15)6-12(9(3)4)13(11)7-14(16)17;1-2/h5-6,8-9H,7H2,1-4H3,(H2,16,17);2H,1H3. The van der Waals surface area contributed by atoms with Crippen LogP contribution in [0.25, 0.3) is 0 Å². The van der Waals surface area contributed by atoms with E-state index in [1.807, 2.05) is 27.7 Å². The zero-order chi connectivity index (χ0) is 15.2. The minimum Gasteiger partial charge on any atom is -0.369 e. The van der Waals surface area contributed by atoms with Gasteiger partial charge in [0.25, 0.3) is 0 Å². The third kappa shape index (κ3) is 5.23. The van der Waals surface area contributed by atoms with Crippen LogP contribution in [-0.4, -0.2) is 12.2 Å². The summed E-state index contributed by atoms with van der Waals surface area (Å²) in [7, 11) is 0. The fourth-order valence-corrected chi connectivity index (χ4v) is 2.09. The van der Waals surface area contributed by atoms with Crippen molar-refractivity contribution < 1.29 is 9.18 Å². The number of hydrogen-bond donors (Lipinski definition) is 2. The molecule has 0 aliphatic rings. The summed E-state index contributed by atoms with van der Waals surface area (Å²) in [5.74, 6) is -0.263. The second-order valence-electron chi connectivity index (χ2n) is 5.02. The average molecular weight is 285 g/mol. The Morgan fingerprint density at radius 3 is 1.79 bits per heavy atom. The van der Waals surface area contributed by atoms with Gasteiger partial charge in [-0.15, -0.1) is 0 Å². The highest BCUT2D eigenvalue weighted by atomic mass is 32.1. The van der Waals surface area contributed by atoms with Gasteiger partial charge >= 0.3 is 0 Å². The molecule has 2 nitrogen and oxygen atoms in total. The van der Waals surface area contributed by atoms with Gasteiger partial charge in [0.15, 0.2) is 0 Å². The number of carbonyl (C=O) groups is 1. The first kappa shape index (κ1) is 18.0. The van der Waals surface area contributed by atoms with E-state index in [9.17, 15) is 9.18 Å². The molecule has 0 spiro atoms. The number of amides is 1. The lowest BCUT2D eigenvalue weighted by Crippen LogP contribution is -2.17. The van der Waals surface area contributed by atoms with E-state index in [1.165, 1.54) is 12.1 Å². The van der Waals surface area contributed by atoms with Crippen molar-refractivity contribution in [3.05, 3.63) is 34.6 Å². The van der Waals surface area contributed by atoms with Crippen LogP contribution in [0.3, 0.4) is 0 Å². The number of benzene rings is 1. The van der Waals surface area contributed by atoms with E-state index in [1.54, 1.807) is 6.26 Å². The molecule has 1 aromatic rings. The van der Waals surface area contributed by atoms with E-state index in [0.29, 0.717) is 0 Å². The van der Waals surface area contributed by atoms with Gasteiger partial charge in [-0.3, -0.25) is 4.79 Å². The number of carbonyl (C=O) groups excluding carboxylic acids is 1. The van der Waals surface area contributed by atoms with E-state index < -0.39 is 0 Å². The molecule has 0 aliphatic carbocycles. The zero-order valence-corrected chi connectivity index (χ0v) is 13.2. The largest absolute Gasteiger partial charge is 0.369 e. The quantitative estimate of drug-likeness (QED) is 0.815. The Kier molecular flexibility index (Phi) is 7.76. The van der Waals surface area contributed by atoms with Crippen molar-refractivity contribution in [2.75, 3.05) is 6.26 Å². The summed E-state index contributed by atoms with van der Waals surface area (Å²) in [5, 5.41) is 0. The monoisotopic (exact) mass is 285 g/mol. The fourth-order valence-electron chi connectivity index (χ4n) is 2.09. The van der Waals surface area contributed by atoms with E-state index >= 15 is 0 Å². The van der Waals surface area contributed by atoms with Crippen molar-refractivity contribution in [1.82, 2.24) is 0 Å². The molecule has 19 heavy (non-hydrogen) atoms. The summed E-state index contributed by atoms with van der Waals surface area (Å²) >= 11 is 3.53. The molecule has 1 amide bonds. The van der Waals surface area contributed by atoms with E-state index in [0.717, 1.165) is 16.7 Å². The van der Waals surface area contributed by atoms with Gasteiger partial charge < -0.3 is 5.73 Å². The number of halogens is 1. The summed E-state index contributed by atoms with van der Waals surface area (Å²) in [6, 6.07) is 3.02. The highest BCUT2D eigenvalue weighted by Gasteiger charge is 2.17. The molecule has 1 aromatic carbocycles. The van der Waals surface area contributed by atoms with Crippen LogP contribution in [0.15, 0.2) is 12.1 Å². The molecule has 0 heterocycles. The molecule has 0 radical (unpaired) electrons. The number of nitrogens with two attached hydrogens (primary N) is 1. The van der Waals surface area contributed by atoms with Crippen LogP contribution in [0.5, 0.6) is 0 Å². The van der Waals surface area contributed by atoms with Crippen molar-refractivity contribution in [3.8, 4) is 0 Å². The maximum atomic E-state index is 13.5. The van der Waals surface area contributed by atoms with Gasteiger partial charge in [-0.1, -0.05) is 27.7 Å². The molecule has 4 heteroatoms. The van der Waals surface area contributed by atoms with Crippen molar-refractivity contribution in [3.63, 3.8) is 0 Å². The maximum Gasteiger partial charge on any atom is 0.221 e. The molecule has 0 fully saturated rings. The van der Waals surface area contributed by atoms with Gasteiger partial charge in [-0.2, -0.15) is 12.6 Å². The summed E-state index contributed by atoms with van der Waals surface area (Å²) in [4.78, 5) is 11.1. The lowest BCUT2D eigenvalue weighted by atomic mass is 9.87. The molecule has 108 valence electrons. The third-order valence-electron chi connectivity index (χ3n) is 2.88. The first-order valence-corrected chi connectivity index (χ1v) is 7.27. The fraction of sp³-hybridized carbons (Fsp3) is 0.533. The Labute approximate surface area is 121 Å². The molecule has 0 atom stereocenters. The van der Waals surface area contributed by atoms with E-state index in [-0.39, 0.29) is 30.0 Å². The highest BCUT2D eigenvalue weighted by molar-refractivity contribution is 7.79. The second kappa shape index (κ2) is 8.20. The van der Waals surface area contributed by atoms with Gasteiger partial charge in [-0.25, -0.2) is 4.39 Å². The Hall–Kier alpha value is -1.03. The Morgan fingerprint density at radius 1 is 1.16 bits per heavy atom. The molecule has 0 unspecified atom stereocenters. The molecule has 0 bridgehead atoms. The Morgan fingerprint density at radius 2 is 1.53 bits per heavy atom. The normalized spacial score (nSPS) is 10.4. The Bertz CT molecular complexity index is 401. The lowest BCUT2D eigenvalue weighted by molar-refractivity contribution is -0.117. The van der Waals surface area contributed by atoms with Crippen LogP contribution in [0.2, 0.25) is 0 Å². The Balaban J connectivity index is 0.00000154. The van der Waals surface area contributed by atoms with Gasteiger partial charge in [-0.05, 0) is 46.9 Å². The van der Waals surface area contributed by atoms with E-state index in [2.05, 4.69) is 12.6 Å². The van der Waals surface area contributed by atoms with Gasteiger partial charge in [0.05, 0.1) is 6.42 Å². The number of primary amides is 1. The van der Waals surface area contributed by atoms with Crippen molar-refractivity contribution >= 4 is 18.5 Å². The lowest BCUT2D eigenvalue weighted by Gasteiger charge is -2.19. The molecule has 0 saturated carbocycles. The van der Waals surface area contributed by atoms with Gasteiger partial charge in [0, 0.05) is 0 Å². The molecular formula is C15H24FNOS. The molecule has 1 rings (SSSR count). The summed E-state index contributed by atoms with van der Waals surface area (Å²) in [6.45, 7) is 7.96. The molecule has 0 aliphatic heterocycles. The van der Waals surface area contributed by atoms with Crippen LogP contribution in [0.1, 0.15) is 56.2 Å². The second-order valence-corrected chi connectivity index (χ2v) is 5.02. The maximum absolute atomic E-state index is 13.5. The molecular weight excluding hydrogens is 261 g/mol. The van der Waals surface area contributed by atoms with Gasteiger partial charge in [0.1, 0.15) is 5.82 Å². The molecule has 0 saturated heterocycles. The van der Waals surface area contributed by atoms with Crippen LogP contribution in [0.4, 0.5) is 4.39 Å². The number of hydrogen-bond acceptors (Lipinski definition) is 2. The van der Waals surface area contributed by atoms with Crippen LogP contribution in [-0.2, 0) is 11.2 Å². The summed E-state index contributed by atoms with van der Waals surface area (Å²) in [5.41, 5.74) is 7.92. The predicted molar refractivity (Wildman–Crippen MR) is 82.4 cm³/mol. The highest BCUT2D eigenvalue weighted by Crippen LogP contribution is 2.29. The summed E-state index contributed by atoms with van der Waals surface area (Å²) in [6.07, 6.45) is 1.88. The first-order valence-electron chi connectivity index (χ1n) is 6.38. The minimum atomic E-state index is -0.375. The number of thiol groups is 1. The summed E-state index contributed by atoms with van der Waals surface area (Å²) < 4.78 is 13.5. The van der Waals surface area contributed by atoms with Crippen molar-refractivity contribution in [2.24, 2.45) is 5.73 Å². The SMILES string of the molecule is CC(C)c1cc(F)cc(C(C)C)c1CC(N)=O.CS. The number of rotatable bonds is 4. The zero-order valence-electron chi connectivity index (χ0n) is 12.3. The average Bonchev–Trinajstić information content (AvgIpc) is 2.32. The smallest absolute Gasteiger partial charge is 0.221 e.